The summed E-state index contributed by atoms with van der Waals surface area (Å²) in [7, 11) is 1.86. The van der Waals surface area contributed by atoms with E-state index in [1.165, 1.54) is 0 Å². The molecular weight excluding hydrogens is 290 g/mol. The van der Waals surface area contributed by atoms with E-state index in [0.29, 0.717) is 5.82 Å². The van der Waals surface area contributed by atoms with Crippen molar-refractivity contribution < 1.29 is 4.79 Å². The fourth-order valence-corrected chi connectivity index (χ4v) is 2.60. The van der Waals surface area contributed by atoms with Crippen molar-refractivity contribution in [2.24, 2.45) is 7.05 Å². The minimum absolute atomic E-state index is 0.0626. The maximum atomic E-state index is 12.2. The van der Waals surface area contributed by atoms with Crippen LogP contribution >= 0.6 is 11.6 Å². The normalized spacial score (nSPS) is 12.1. The van der Waals surface area contributed by atoms with Gasteiger partial charge in [-0.15, -0.1) is 11.6 Å². The number of carbonyl (C=O) groups is 1. The van der Waals surface area contributed by atoms with E-state index in [9.17, 15) is 4.79 Å². The van der Waals surface area contributed by atoms with Crippen LogP contribution < -0.4 is 5.32 Å². The summed E-state index contributed by atoms with van der Waals surface area (Å²) < 4.78 is 3.61. The van der Waals surface area contributed by atoms with E-state index < -0.39 is 0 Å². The molecule has 0 saturated heterocycles. The van der Waals surface area contributed by atoms with Crippen molar-refractivity contribution in [2.45, 2.75) is 52.1 Å². The third-order valence-corrected chi connectivity index (χ3v) is 3.38. The van der Waals surface area contributed by atoms with E-state index in [4.69, 9.17) is 11.6 Å². The Morgan fingerprint density at radius 2 is 2.05 bits per heavy atom. The molecule has 1 N–H and O–H groups in total. The highest BCUT2D eigenvalue weighted by Crippen LogP contribution is 2.21. The van der Waals surface area contributed by atoms with Crippen molar-refractivity contribution in [3.05, 3.63) is 11.5 Å². The maximum Gasteiger partial charge on any atom is 0.240 e. The Morgan fingerprint density at radius 3 is 2.57 bits per heavy atom. The maximum absolute atomic E-state index is 12.2. The van der Waals surface area contributed by atoms with Gasteiger partial charge in [0.05, 0.1) is 11.6 Å². The van der Waals surface area contributed by atoms with Crippen LogP contribution in [0.25, 0.3) is 11.2 Å². The molecule has 0 aliphatic heterocycles. The number of halogens is 1. The first-order valence-electron chi connectivity index (χ1n) is 7.04. The lowest BCUT2D eigenvalue weighted by Gasteiger charge is -2.21. The molecule has 1 amide bonds. The molecule has 0 unspecified atom stereocenters. The van der Waals surface area contributed by atoms with Crippen LogP contribution in [0.2, 0.25) is 0 Å². The molecule has 0 radical (unpaired) electrons. The first-order valence-corrected chi connectivity index (χ1v) is 7.58. The summed E-state index contributed by atoms with van der Waals surface area (Å²) >= 11 is 5.98. The Balaban J connectivity index is 2.42. The lowest BCUT2D eigenvalue weighted by atomic mass is 10.1. The van der Waals surface area contributed by atoms with E-state index in [1.807, 2.05) is 39.3 Å². The van der Waals surface area contributed by atoms with Crippen molar-refractivity contribution in [3.63, 3.8) is 0 Å². The predicted octanol–water partition coefficient (Wildman–Crippen LogP) is 1.99. The van der Waals surface area contributed by atoms with E-state index in [0.717, 1.165) is 23.3 Å². The van der Waals surface area contributed by atoms with Crippen molar-refractivity contribution in [1.82, 2.24) is 24.6 Å². The first kappa shape index (κ1) is 15.8. The predicted molar refractivity (Wildman–Crippen MR) is 83.3 cm³/mol. The van der Waals surface area contributed by atoms with Crippen LogP contribution in [0.5, 0.6) is 0 Å². The Labute approximate surface area is 129 Å². The van der Waals surface area contributed by atoms with Gasteiger partial charge in [0.2, 0.25) is 5.91 Å². The van der Waals surface area contributed by atoms with Crippen molar-refractivity contribution in [2.75, 3.05) is 0 Å². The molecule has 2 aromatic heterocycles. The Bertz CT molecular complexity index is 665. The highest BCUT2D eigenvalue weighted by Gasteiger charge is 2.21. The molecule has 0 spiro atoms. The molecule has 6 nitrogen and oxygen atoms in total. The number of hydrogen-bond acceptors (Lipinski definition) is 3. The zero-order valence-corrected chi connectivity index (χ0v) is 14.0. The van der Waals surface area contributed by atoms with Gasteiger partial charge < -0.3 is 9.88 Å². The number of aromatic nitrogens is 4. The second kappa shape index (κ2) is 5.67. The third kappa shape index (κ3) is 3.20. The molecule has 2 aromatic rings. The second-order valence-corrected chi connectivity index (χ2v) is 6.41. The zero-order valence-electron chi connectivity index (χ0n) is 13.2. The molecule has 7 heteroatoms. The van der Waals surface area contributed by atoms with Gasteiger partial charge in [0.25, 0.3) is 0 Å². The van der Waals surface area contributed by atoms with Crippen LogP contribution in [0.3, 0.4) is 0 Å². The van der Waals surface area contributed by atoms with Crippen LogP contribution in [0.15, 0.2) is 0 Å². The Hall–Kier alpha value is -1.56. The average Bonchev–Trinajstić information content (AvgIpc) is 2.86. The third-order valence-electron chi connectivity index (χ3n) is 3.14. The number of alkyl halides is 1. The van der Waals surface area contributed by atoms with E-state index in [1.54, 1.807) is 4.68 Å². The molecule has 2 heterocycles. The Morgan fingerprint density at radius 1 is 1.38 bits per heavy atom. The van der Waals surface area contributed by atoms with Gasteiger partial charge in [-0.1, -0.05) is 6.92 Å². The summed E-state index contributed by atoms with van der Waals surface area (Å²) in [6.45, 7) is 8.09. The number of nitrogens with one attached hydrogen (secondary N) is 1. The topological polar surface area (TPSA) is 64.7 Å². The zero-order chi connectivity index (χ0) is 15.8. The minimum atomic E-state index is -0.265. The molecule has 0 saturated carbocycles. The van der Waals surface area contributed by atoms with Crippen LogP contribution in [-0.4, -0.2) is 30.8 Å². The van der Waals surface area contributed by atoms with Gasteiger partial charge >= 0.3 is 0 Å². The quantitative estimate of drug-likeness (QED) is 0.878. The van der Waals surface area contributed by atoms with E-state index >= 15 is 0 Å². The molecule has 2 rings (SSSR count). The van der Waals surface area contributed by atoms with Crippen LogP contribution in [-0.2, 0) is 30.7 Å². The van der Waals surface area contributed by atoms with Gasteiger partial charge in [0.1, 0.15) is 17.9 Å². The van der Waals surface area contributed by atoms with Gasteiger partial charge in [-0.3, -0.25) is 9.48 Å². The molecule has 21 heavy (non-hydrogen) atoms. The molecule has 0 aliphatic carbocycles. The molecule has 0 bridgehead atoms. The smallest absolute Gasteiger partial charge is 0.240 e. The molecule has 0 aliphatic rings. The molecule has 0 aromatic carbocycles. The van der Waals surface area contributed by atoms with Gasteiger partial charge in [-0.25, -0.2) is 4.98 Å². The highest BCUT2D eigenvalue weighted by atomic mass is 35.5. The monoisotopic (exact) mass is 311 g/mol. The number of carbonyl (C=O) groups excluding carboxylic acids is 1. The highest BCUT2D eigenvalue weighted by molar-refractivity contribution is 6.16. The van der Waals surface area contributed by atoms with Crippen LogP contribution in [0.4, 0.5) is 0 Å². The van der Waals surface area contributed by atoms with Crippen LogP contribution in [0, 0.1) is 0 Å². The van der Waals surface area contributed by atoms with Gasteiger partial charge in [0.15, 0.2) is 5.65 Å². The van der Waals surface area contributed by atoms with E-state index in [-0.39, 0.29) is 23.9 Å². The van der Waals surface area contributed by atoms with Gasteiger partial charge in [0, 0.05) is 12.6 Å². The number of rotatable bonds is 4. The molecule has 0 fully saturated rings. The fraction of sp³-hybridized carbons (Fsp3) is 0.643. The molecular formula is C14H22ClN5O. The standard InChI is InChI=1S/C14H22ClN5O/c1-6-9-12-13(19(5)18-9)20(10(7-15)16-12)8-11(21)17-14(2,3)4/h6-8H2,1-5H3,(H,17,21). The van der Waals surface area contributed by atoms with Crippen molar-refractivity contribution in [1.29, 1.82) is 0 Å². The first-order chi connectivity index (χ1) is 9.76. The fourth-order valence-electron chi connectivity index (χ4n) is 2.39. The van der Waals surface area contributed by atoms with Gasteiger partial charge in [-0.2, -0.15) is 5.10 Å². The minimum Gasteiger partial charge on any atom is -0.350 e. The number of amides is 1. The van der Waals surface area contributed by atoms with Gasteiger partial charge in [-0.05, 0) is 27.2 Å². The average molecular weight is 312 g/mol. The summed E-state index contributed by atoms with van der Waals surface area (Å²) in [5.41, 5.74) is 2.33. The lowest BCUT2D eigenvalue weighted by molar-refractivity contribution is -0.123. The van der Waals surface area contributed by atoms with Crippen molar-refractivity contribution in [3.8, 4) is 0 Å². The number of nitrogens with zero attached hydrogens (tertiary/aromatic N) is 4. The number of aryl methyl sites for hydroxylation is 2. The number of fused-ring (bicyclic) bond motifs is 1. The Kier molecular flexibility index (Phi) is 4.27. The number of hydrogen-bond donors (Lipinski definition) is 1. The summed E-state index contributed by atoms with van der Waals surface area (Å²) in [4.78, 5) is 16.7. The summed E-state index contributed by atoms with van der Waals surface area (Å²) in [6, 6.07) is 0. The number of imidazole rings is 1. The van der Waals surface area contributed by atoms with Crippen LogP contribution in [0.1, 0.15) is 39.2 Å². The lowest BCUT2D eigenvalue weighted by Crippen LogP contribution is -2.42. The summed E-state index contributed by atoms with van der Waals surface area (Å²) in [6.07, 6.45) is 0.796. The summed E-state index contributed by atoms with van der Waals surface area (Å²) in [5, 5.41) is 7.40. The molecule has 0 atom stereocenters. The second-order valence-electron chi connectivity index (χ2n) is 6.14. The molecule has 116 valence electrons. The van der Waals surface area contributed by atoms with Crippen molar-refractivity contribution >= 4 is 28.7 Å². The van der Waals surface area contributed by atoms with E-state index in [2.05, 4.69) is 15.4 Å². The summed E-state index contributed by atoms with van der Waals surface area (Å²) in [5.74, 6) is 0.895. The largest absolute Gasteiger partial charge is 0.350 e. The SMILES string of the molecule is CCc1nn(C)c2c1nc(CCl)n2CC(=O)NC(C)(C)C.